The maximum absolute atomic E-state index is 12.5. The van der Waals surface area contributed by atoms with E-state index in [-0.39, 0.29) is 18.1 Å². The Morgan fingerprint density at radius 3 is 2.41 bits per heavy atom. The fraction of sp³-hybridized carbons (Fsp3) is 0.562. The van der Waals surface area contributed by atoms with Gasteiger partial charge in [-0.15, -0.1) is 0 Å². The molecule has 1 saturated heterocycles. The Hall–Kier alpha value is -2.08. The average Bonchev–Trinajstić information content (AvgIpc) is 2.63. The van der Waals surface area contributed by atoms with Crippen molar-refractivity contribution in [2.45, 2.75) is 13.8 Å². The van der Waals surface area contributed by atoms with Crippen LogP contribution in [0.25, 0.3) is 0 Å². The highest BCUT2D eigenvalue weighted by atomic mass is 32.2. The third-order valence-corrected chi connectivity index (χ3v) is 6.58. The number of rotatable bonds is 8. The second kappa shape index (κ2) is 9.22. The van der Waals surface area contributed by atoms with Crippen LogP contribution in [-0.4, -0.2) is 78.6 Å². The number of anilines is 1. The van der Waals surface area contributed by atoms with Crippen LogP contribution in [0.3, 0.4) is 0 Å². The maximum Gasteiger partial charge on any atom is 0.282 e. The highest BCUT2D eigenvalue weighted by molar-refractivity contribution is 7.86. The van der Waals surface area contributed by atoms with Crippen LogP contribution in [0.1, 0.15) is 13.8 Å². The first-order chi connectivity index (χ1) is 12.8. The largest absolute Gasteiger partial charge is 0.325 e. The van der Waals surface area contributed by atoms with E-state index < -0.39 is 15.1 Å². The van der Waals surface area contributed by atoms with Crippen molar-refractivity contribution in [3.63, 3.8) is 0 Å². The SMILES string of the molecule is CCN(CC)S(=O)(=O)N1CCN(CC(=O)Nc2cccc([N+](=O)[O-])c2)CC1. The van der Waals surface area contributed by atoms with Crippen molar-refractivity contribution < 1.29 is 18.1 Å². The molecule has 1 N–H and O–H groups in total. The third-order valence-electron chi connectivity index (χ3n) is 4.40. The van der Waals surface area contributed by atoms with E-state index in [1.54, 1.807) is 19.9 Å². The third kappa shape index (κ3) is 5.45. The van der Waals surface area contributed by atoms with E-state index >= 15 is 0 Å². The van der Waals surface area contributed by atoms with E-state index in [4.69, 9.17) is 0 Å². The monoisotopic (exact) mass is 399 g/mol. The standard InChI is InChI=1S/C16H25N5O5S/c1-3-19(4-2)27(25,26)20-10-8-18(9-11-20)13-16(22)17-14-6-5-7-15(12-14)21(23)24/h5-7,12H,3-4,8-11,13H2,1-2H3,(H,17,22). The molecule has 0 unspecified atom stereocenters. The smallest absolute Gasteiger partial charge is 0.282 e. The molecule has 0 spiro atoms. The molecule has 150 valence electrons. The Morgan fingerprint density at radius 2 is 1.85 bits per heavy atom. The molecule has 1 aliphatic heterocycles. The van der Waals surface area contributed by atoms with Gasteiger partial charge in [-0.1, -0.05) is 19.9 Å². The number of nitro groups is 1. The minimum absolute atomic E-state index is 0.0944. The summed E-state index contributed by atoms with van der Waals surface area (Å²) in [6.45, 7) is 6.08. The predicted molar refractivity (Wildman–Crippen MR) is 102 cm³/mol. The summed E-state index contributed by atoms with van der Waals surface area (Å²) in [6, 6.07) is 5.74. The lowest BCUT2D eigenvalue weighted by molar-refractivity contribution is -0.384. The van der Waals surface area contributed by atoms with E-state index in [0.717, 1.165) is 0 Å². The zero-order chi connectivity index (χ0) is 20.0. The van der Waals surface area contributed by atoms with Gasteiger partial charge in [-0.25, -0.2) is 0 Å². The lowest BCUT2D eigenvalue weighted by atomic mass is 10.2. The van der Waals surface area contributed by atoms with Gasteiger partial charge in [0.1, 0.15) is 0 Å². The van der Waals surface area contributed by atoms with Crippen molar-refractivity contribution in [3.05, 3.63) is 34.4 Å². The lowest BCUT2D eigenvalue weighted by Crippen LogP contribution is -2.54. The van der Waals surface area contributed by atoms with Crippen molar-refractivity contribution in [2.75, 3.05) is 51.1 Å². The van der Waals surface area contributed by atoms with Crippen LogP contribution in [-0.2, 0) is 15.0 Å². The van der Waals surface area contributed by atoms with E-state index in [2.05, 4.69) is 5.32 Å². The van der Waals surface area contributed by atoms with E-state index in [1.807, 2.05) is 4.90 Å². The number of non-ortho nitro benzene ring substituents is 1. The van der Waals surface area contributed by atoms with E-state index in [9.17, 15) is 23.3 Å². The Bertz CT molecular complexity index is 773. The van der Waals surface area contributed by atoms with Gasteiger partial charge in [0.2, 0.25) is 5.91 Å². The topological polar surface area (TPSA) is 116 Å². The highest BCUT2D eigenvalue weighted by Crippen LogP contribution is 2.17. The molecule has 1 aromatic rings. The zero-order valence-corrected chi connectivity index (χ0v) is 16.3. The van der Waals surface area contributed by atoms with Gasteiger partial charge in [0, 0.05) is 57.1 Å². The summed E-state index contributed by atoms with van der Waals surface area (Å²) in [4.78, 5) is 24.3. The predicted octanol–water partition coefficient (Wildman–Crippen LogP) is 0.738. The minimum Gasteiger partial charge on any atom is -0.325 e. The number of hydrogen-bond acceptors (Lipinski definition) is 6. The molecule has 27 heavy (non-hydrogen) atoms. The molecule has 1 amide bonds. The molecule has 0 radical (unpaired) electrons. The first-order valence-corrected chi connectivity index (χ1v) is 10.2. The molecule has 0 bridgehead atoms. The molecule has 0 atom stereocenters. The second-order valence-corrected chi connectivity index (χ2v) is 8.05. The maximum atomic E-state index is 12.5. The number of hydrogen-bond donors (Lipinski definition) is 1. The van der Waals surface area contributed by atoms with Crippen LogP contribution in [0.15, 0.2) is 24.3 Å². The molecule has 11 heteroatoms. The van der Waals surface area contributed by atoms with Gasteiger partial charge in [-0.05, 0) is 6.07 Å². The highest BCUT2D eigenvalue weighted by Gasteiger charge is 2.31. The van der Waals surface area contributed by atoms with Crippen LogP contribution in [0.4, 0.5) is 11.4 Å². The lowest BCUT2D eigenvalue weighted by Gasteiger charge is -2.35. The first kappa shape index (κ1) is 21.2. The summed E-state index contributed by atoms with van der Waals surface area (Å²) < 4.78 is 27.9. The first-order valence-electron chi connectivity index (χ1n) is 8.79. The number of carbonyl (C=O) groups excluding carboxylic acids is 1. The molecule has 1 aromatic carbocycles. The molecule has 1 aliphatic rings. The minimum atomic E-state index is -3.46. The quantitative estimate of drug-likeness (QED) is 0.509. The van der Waals surface area contributed by atoms with Crippen molar-refractivity contribution >= 4 is 27.5 Å². The molecule has 0 saturated carbocycles. The molecule has 10 nitrogen and oxygen atoms in total. The number of nitrogens with one attached hydrogen (secondary N) is 1. The summed E-state index contributed by atoms with van der Waals surface area (Å²) in [5.41, 5.74) is 0.264. The number of carbonyl (C=O) groups is 1. The Balaban J connectivity index is 1.87. The van der Waals surface area contributed by atoms with Crippen molar-refractivity contribution in [2.24, 2.45) is 0 Å². The molecule has 1 heterocycles. The number of nitrogens with zero attached hydrogens (tertiary/aromatic N) is 4. The van der Waals surface area contributed by atoms with Crippen LogP contribution in [0, 0.1) is 10.1 Å². The second-order valence-electron chi connectivity index (χ2n) is 6.12. The van der Waals surface area contributed by atoms with Crippen molar-refractivity contribution in [3.8, 4) is 0 Å². The molecule has 0 aromatic heterocycles. The van der Waals surface area contributed by atoms with E-state index in [0.29, 0.717) is 45.0 Å². The molecule has 2 rings (SSSR count). The van der Waals surface area contributed by atoms with Gasteiger partial charge in [-0.3, -0.25) is 19.8 Å². The fourth-order valence-electron chi connectivity index (χ4n) is 2.93. The number of piperazine rings is 1. The molecular formula is C16H25N5O5S. The molecular weight excluding hydrogens is 374 g/mol. The Labute approximate surface area is 159 Å². The summed E-state index contributed by atoms with van der Waals surface area (Å²) in [5.74, 6) is -0.296. The van der Waals surface area contributed by atoms with Gasteiger partial charge in [0.25, 0.3) is 15.9 Å². The summed E-state index contributed by atoms with van der Waals surface area (Å²) >= 11 is 0. The van der Waals surface area contributed by atoms with Gasteiger partial charge in [-0.2, -0.15) is 17.0 Å². The number of benzene rings is 1. The fourth-order valence-corrected chi connectivity index (χ4v) is 4.54. The van der Waals surface area contributed by atoms with Gasteiger partial charge < -0.3 is 5.32 Å². The van der Waals surface area contributed by atoms with Crippen LogP contribution in [0.5, 0.6) is 0 Å². The normalized spacial score (nSPS) is 16.4. The summed E-state index contributed by atoms with van der Waals surface area (Å²) in [5, 5.41) is 13.4. The van der Waals surface area contributed by atoms with Gasteiger partial charge >= 0.3 is 0 Å². The average molecular weight is 399 g/mol. The summed E-state index contributed by atoms with van der Waals surface area (Å²) in [7, 11) is -3.46. The van der Waals surface area contributed by atoms with Crippen LogP contribution >= 0.6 is 0 Å². The van der Waals surface area contributed by atoms with Crippen molar-refractivity contribution in [1.82, 2.24) is 13.5 Å². The van der Waals surface area contributed by atoms with Gasteiger partial charge in [0.05, 0.1) is 11.5 Å². The number of amides is 1. The number of nitro benzene ring substituents is 1. The van der Waals surface area contributed by atoms with Crippen LogP contribution in [0.2, 0.25) is 0 Å². The zero-order valence-electron chi connectivity index (χ0n) is 15.5. The molecule has 1 fully saturated rings. The van der Waals surface area contributed by atoms with Crippen LogP contribution < -0.4 is 5.32 Å². The molecule has 0 aliphatic carbocycles. The van der Waals surface area contributed by atoms with Crippen molar-refractivity contribution in [1.29, 1.82) is 0 Å². The van der Waals surface area contributed by atoms with E-state index in [1.165, 1.54) is 26.8 Å². The Kier molecular flexibility index (Phi) is 7.25. The van der Waals surface area contributed by atoms with Gasteiger partial charge in [0.15, 0.2) is 0 Å². The Morgan fingerprint density at radius 1 is 1.22 bits per heavy atom. The summed E-state index contributed by atoms with van der Waals surface area (Å²) in [6.07, 6.45) is 0.